The minimum atomic E-state index is -0.0182. The molecule has 2 aliphatic rings. The summed E-state index contributed by atoms with van der Waals surface area (Å²) in [7, 11) is 1.84. The van der Waals surface area contributed by atoms with Crippen molar-refractivity contribution in [3.63, 3.8) is 0 Å². The van der Waals surface area contributed by atoms with Crippen LogP contribution in [-0.4, -0.2) is 45.3 Å². The van der Waals surface area contributed by atoms with Crippen molar-refractivity contribution in [1.29, 1.82) is 0 Å². The smallest absolute Gasteiger partial charge is 0.253 e. The van der Waals surface area contributed by atoms with Gasteiger partial charge >= 0.3 is 0 Å². The van der Waals surface area contributed by atoms with E-state index in [1.54, 1.807) is 6.07 Å². The van der Waals surface area contributed by atoms with Crippen molar-refractivity contribution >= 4 is 23.0 Å². The molecule has 1 heterocycles. The third-order valence-corrected chi connectivity index (χ3v) is 5.38. The van der Waals surface area contributed by atoms with E-state index in [9.17, 15) is 4.79 Å². The molecular weight excluding hydrogens is 316 g/mol. The third-order valence-electron chi connectivity index (χ3n) is 5.38. The zero-order chi connectivity index (χ0) is 17.8. The third kappa shape index (κ3) is 4.18. The van der Waals surface area contributed by atoms with Crippen LogP contribution in [0.2, 0.25) is 0 Å². The van der Waals surface area contributed by atoms with E-state index in [0.717, 1.165) is 43.2 Å². The molecule has 3 rings (SSSR count). The molecule has 1 amide bonds. The Balaban J connectivity index is 1.82. The summed E-state index contributed by atoms with van der Waals surface area (Å²) < 4.78 is 5.45. The molecule has 1 aromatic carbocycles. The van der Waals surface area contributed by atoms with Crippen molar-refractivity contribution in [3.8, 4) is 0 Å². The van der Waals surface area contributed by atoms with Gasteiger partial charge in [0.2, 0.25) is 0 Å². The minimum absolute atomic E-state index is 0.0182. The molecule has 2 fully saturated rings. The standard InChI is InChI=1S/C19H30N4O2/c1-13-3-5-14(6-4-13)22-19(24)15-11-16(20)17(21-2)12-18(15)23-7-9-25-10-8-23/h11-14,21H,3-10,20H2,1-2H3,(H,22,24). The molecule has 0 bridgehead atoms. The zero-order valence-electron chi connectivity index (χ0n) is 15.3. The summed E-state index contributed by atoms with van der Waals surface area (Å²) in [4.78, 5) is 15.2. The van der Waals surface area contributed by atoms with Gasteiger partial charge in [-0.3, -0.25) is 4.79 Å². The maximum Gasteiger partial charge on any atom is 0.253 e. The number of anilines is 3. The quantitative estimate of drug-likeness (QED) is 0.730. The second kappa shape index (κ2) is 7.95. The fraction of sp³-hybridized carbons (Fsp3) is 0.632. The molecule has 0 atom stereocenters. The summed E-state index contributed by atoms with van der Waals surface area (Å²) in [5, 5.41) is 6.34. The van der Waals surface area contributed by atoms with E-state index >= 15 is 0 Å². The molecule has 1 aromatic rings. The van der Waals surface area contributed by atoms with Gasteiger partial charge in [0.25, 0.3) is 5.91 Å². The van der Waals surface area contributed by atoms with Gasteiger partial charge in [0.05, 0.1) is 35.8 Å². The van der Waals surface area contributed by atoms with Crippen molar-refractivity contribution in [2.45, 2.75) is 38.6 Å². The molecule has 0 spiro atoms. The zero-order valence-corrected chi connectivity index (χ0v) is 15.3. The predicted molar refractivity (Wildman–Crippen MR) is 102 cm³/mol. The molecule has 0 unspecified atom stereocenters. The number of nitrogens with one attached hydrogen (secondary N) is 2. The second-order valence-electron chi connectivity index (χ2n) is 7.24. The number of ether oxygens (including phenoxy) is 1. The Morgan fingerprint density at radius 2 is 1.88 bits per heavy atom. The minimum Gasteiger partial charge on any atom is -0.397 e. The topological polar surface area (TPSA) is 79.6 Å². The molecule has 4 N–H and O–H groups in total. The number of morpholine rings is 1. The first-order chi connectivity index (χ1) is 12.1. The summed E-state index contributed by atoms with van der Waals surface area (Å²) >= 11 is 0. The molecule has 6 nitrogen and oxygen atoms in total. The normalized spacial score (nSPS) is 24.0. The summed E-state index contributed by atoms with van der Waals surface area (Å²) in [6, 6.07) is 4.06. The first kappa shape index (κ1) is 17.9. The van der Waals surface area contributed by atoms with Gasteiger partial charge in [-0.15, -0.1) is 0 Å². The number of hydrogen-bond donors (Lipinski definition) is 3. The highest BCUT2D eigenvalue weighted by Crippen LogP contribution is 2.31. The fourth-order valence-electron chi connectivity index (χ4n) is 3.74. The largest absolute Gasteiger partial charge is 0.397 e. The van der Waals surface area contributed by atoms with E-state index in [0.29, 0.717) is 24.5 Å². The number of benzene rings is 1. The van der Waals surface area contributed by atoms with Gasteiger partial charge in [0.15, 0.2) is 0 Å². The number of hydrogen-bond acceptors (Lipinski definition) is 5. The molecule has 25 heavy (non-hydrogen) atoms. The molecular formula is C19H30N4O2. The lowest BCUT2D eigenvalue weighted by Gasteiger charge is -2.32. The van der Waals surface area contributed by atoms with E-state index in [1.807, 2.05) is 13.1 Å². The first-order valence-corrected chi connectivity index (χ1v) is 9.33. The van der Waals surface area contributed by atoms with Crippen LogP contribution < -0.4 is 21.3 Å². The Morgan fingerprint density at radius 1 is 1.20 bits per heavy atom. The lowest BCUT2D eigenvalue weighted by molar-refractivity contribution is 0.0921. The van der Waals surface area contributed by atoms with E-state index in [2.05, 4.69) is 22.5 Å². The molecule has 1 saturated heterocycles. The predicted octanol–water partition coefficient (Wildman–Crippen LogP) is 2.46. The van der Waals surface area contributed by atoms with Gasteiger partial charge in [0.1, 0.15) is 0 Å². The van der Waals surface area contributed by atoms with Crippen molar-refractivity contribution in [2.75, 3.05) is 49.3 Å². The Morgan fingerprint density at radius 3 is 2.52 bits per heavy atom. The number of nitrogens with zero attached hydrogens (tertiary/aromatic N) is 1. The average Bonchev–Trinajstić information content (AvgIpc) is 2.64. The highest BCUT2D eigenvalue weighted by atomic mass is 16.5. The van der Waals surface area contributed by atoms with E-state index in [-0.39, 0.29) is 11.9 Å². The maximum atomic E-state index is 13.0. The van der Waals surface area contributed by atoms with Crippen LogP contribution in [-0.2, 0) is 4.74 Å². The van der Waals surface area contributed by atoms with Gasteiger partial charge in [0, 0.05) is 26.2 Å². The summed E-state index contributed by atoms with van der Waals surface area (Å²) in [6.45, 7) is 5.22. The van der Waals surface area contributed by atoms with Crippen LogP contribution in [0.3, 0.4) is 0 Å². The average molecular weight is 346 g/mol. The lowest BCUT2D eigenvalue weighted by atomic mass is 9.87. The van der Waals surface area contributed by atoms with Crippen LogP contribution in [0.5, 0.6) is 0 Å². The number of carbonyl (C=O) groups excluding carboxylic acids is 1. The van der Waals surface area contributed by atoms with Gasteiger partial charge in [-0.2, -0.15) is 0 Å². The van der Waals surface area contributed by atoms with Crippen molar-refractivity contribution < 1.29 is 9.53 Å². The Labute approximate surface area is 150 Å². The van der Waals surface area contributed by atoms with Crippen LogP contribution in [0.1, 0.15) is 43.0 Å². The summed E-state index contributed by atoms with van der Waals surface area (Å²) in [5.41, 5.74) is 9.18. The van der Waals surface area contributed by atoms with Gasteiger partial charge in [-0.05, 0) is 43.7 Å². The highest BCUT2D eigenvalue weighted by molar-refractivity contribution is 6.02. The van der Waals surface area contributed by atoms with Crippen LogP contribution in [0, 0.1) is 5.92 Å². The van der Waals surface area contributed by atoms with Gasteiger partial charge in [-0.1, -0.05) is 6.92 Å². The number of carbonyl (C=O) groups is 1. The Kier molecular flexibility index (Phi) is 5.68. The van der Waals surface area contributed by atoms with E-state index in [1.165, 1.54) is 12.8 Å². The van der Waals surface area contributed by atoms with Crippen LogP contribution in [0.25, 0.3) is 0 Å². The number of nitrogen functional groups attached to an aromatic ring is 1. The second-order valence-corrected chi connectivity index (χ2v) is 7.24. The van der Waals surface area contributed by atoms with Crippen LogP contribution in [0.4, 0.5) is 17.1 Å². The first-order valence-electron chi connectivity index (χ1n) is 9.33. The van der Waals surface area contributed by atoms with Crippen LogP contribution >= 0.6 is 0 Å². The molecule has 6 heteroatoms. The highest BCUT2D eigenvalue weighted by Gasteiger charge is 2.24. The number of amides is 1. The number of nitrogens with two attached hydrogens (primary N) is 1. The molecule has 0 aromatic heterocycles. The van der Waals surface area contributed by atoms with Crippen molar-refractivity contribution in [3.05, 3.63) is 17.7 Å². The Hall–Kier alpha value is -1.95. The maximum absolute atomic E-state index is 13.0. The monoisotopic (exact) mass is 346 g/mol. The molecule has 138 valence electrons. The van der Waals surface area contributed by atoms with Gasteiger partial charge < -0.3 is 26.0 Å². The van der Waals surface area contributed by atoms with Crippen molar-refractivity contribution in [2.24, 2.45) is 5.92 Å². The van der Waals surface area contributed by atoms with E-state index in [4.69, 9.17) is 10.5 Å². The molecule has 0 radical (unpaired) electrons. The Bertz CT molecular complexity index is 606. The summed E-state index contributed by atoms with van der Waals surface area (Å²) in [6.07, 6.45) is 4.48. The van der Waals surface area contributed by atoms with Crippen LogP contribution in [0.15, 0.2) is 12.1 Å². The fourth-order valence-corrected chi connectivity index (χ4v) is 3.74. The van der Waals surface area contributed by atoms with E-state index < -0.39 is 0 Å². The SMILES string of the molecule is CNc1cc(N2CCOCC2)c(C(=O)NC2CCC(C)CC2)cc1N. The summed E-state index contributed by atoms with van der Waals surface area (Å²) in [5.74, 6) is 0.748. The molecule has 1 saturated carbocycles. The van der Waals surface area contributed by atoms with Crippen molar-refractivity contribution in [1.82, 2.24) is 5.32 Å². The molecule has 1 aliphatic carbocycles. The van der Waals surface area contributed by atoms with Gasteiger partial charge in [-0.25, -0.2) is 0 Å². The molecule has 1 aliphatic heterocycles. The number of rotatable bonds is 4. The lowest BCUT2D eigenvalue weighted by Crippen LogP contribution is -2.40.